The molecule has 6 rings (SSSR count). The molecule has 138 valence electrons. The molecule has 4 nitrogen and oxygen atoms in total. The second kappa shape index (κ2) is 6.01. The van der Waals surface area contributed by atoms with Gasteiger partial charge in [0, 0.05) is 11.3 Å². The van der Waals surface area contributed by atoms with Crippen molar-refractivity contribution in [2.24, 2.45) is 16.8 Å². The Morgan fingerprint density at radius 3 is 2.54 bits per heavy atom. The number of benzene rings is 1. The summed E-state index contributed by atoms with van der Waals surface area (Å²) >= 11 is 1.64. The Morgan fingerprint density at radius 1 is 1.15 bits per heavy atom. The van der Waals surface area contributed by atoms with E-state index in [1.165, 1.54) is 30.4 Å². The molecule has 4 saturated carbocycles. The van der Waals surface area contributed by atoms with Crippen molar-refractivity contribution >= 4 is 23.0 Å². The summed E-state index contributed by atoms with van der Waals surface area (Å²) in [6.07, 6.45) is 7.30. The molecule has 0 saturated heterocycles. The lowest BCUT2D eigenvalue weighted by Gasteiger charge is -2.62. The fraction of sp³-hybridized carbons (Fsp3) is 0.619. The number of nitrogens with one attached hydrogen (secondary N) is 2. The number of carbonyl (C=O) groups excluding carboxylic acids is 1. The molecule has 2 N–H and O–H groups in total. The molecule has 4 fully saturated rings. The predicted octanol–water partition coefficient (Wildman–Crippen LogP) is 3.99. The molecule has 0 spiro atoms. The van der Waals surface area contributed by atoms with Crippen molar-refractivity contribution in [1.29, 1.82) is 0 Å². The molecule has 0 radical (unpaired) electrons. The van der Waals surface area contributed by atoms with Crippen molar-refractivity contribution in [2.75, 3.05) is 12.3 Å². The van der Waals surface area contributed by atoms with Crippen LogP contribution in [0.25, 0.3) is 0 Å². The minimum absolute atomic E-state index is 0.0388. The number of hydrogen-bond donors (Lipinski definition) is 2. The van der Waals surface area contributed by atoms with Crippen LogP contribution in [0.1, 0.15) is 49.7 Å². The largest absolute Gasteiger partial charge is 0.332 e. The summed E-state index contributed by atoms with van der Waals surface area (Å²) in [6.45, 7) is 2.96. The maximum Gasteiger partial charge on any atom is 0.321 e. The Kier molecular flexibility index (Phi) is 3.85. The van der Waals surface area contributed by atoms with Crippen molar-refractivity contribution in [3.8, 4) is 0 Å². The standard InChI is InChI=1S/C21H27N3OS/c1-14-2-4-17(5-3-14)20-9-15-8-16(10-20)12-21(11-15,13-20)24-18(25)23-19-22-6-7-26-19/h2-5,15-16H,6-13H2,1H3,(H2,22,23,24,25)/t15-,16+,20?,21?. The van der Waals surface area contributed by atoms with Gasteiger partial charge < -0.3 is 5.32 Å². The van der Waals surface area contributed by atoms with Gasteiger partial charge in [-0.25, -0.2) is 4.79 Å². The molecule has 1 heterocycles. The third kappa shape index (κ3) is 2.84. The van der Waals surface area contributed by atoms with Crippen molar-refractivity contribution in [1.82, 2.24) is 10.6 Å². The molecule has 4 bridgehead atoms. The van der Waals surface area contributed by atoms with E-state index < -0.39 is 0 Å². The molecule has 1 aromatic rings. The number of aryl methyl sites for hydroxylation is 1. The Bertz CT molecular complexity index is 743. The molecule has 4 aliphatic carbocycles. The lowest BCUT2D eigenvalue weighted by atomic mass is 9.45. The predicted molar refractivity (Wildman–Crippen MR) is 107 cm³/mol. The number of rotatable bonds is 2. The highest BCUT2D eigenvalue weighted by Crippen LogP contribution is 2.62. The van der Waals surface area contributed by atoms with Gasteiger partial charge in [0.2, 0.25) is 0 Å². The van der Waals surface area contributed by atoms with Crippen LogP contribution in [-0.4, -0.2) is 29.0 Å². The first kappa shape index (κ1) is 16.7. The normalized spacial score (nSPS) is 37.5. The second-order valence-electron chi connectivity index (χ2n) is 9.00. The van der Waals surface area contributed by atoms with Crippen LogP contribution in [0.3, 0.4) is 0 Å². The quantitative estimate of drug-likeness (QED) is 0.828. The Morgan fingerprint density at radius 2 is 1.88 bits per heavy atom. The smallest absolute Gasteiger partial charge is 0.321 e. The van der Waals surface area contributed by atoms with E-state index in [0.29, 0.717) is 0 Å². The van der Waals surface area contributed by atoms with Gasteiger partial charge in [-0.2, -0.15) is 0 Å². The number of amides is 2. The van der Waals surface area contributed by atoms with E-state index in [0.717, 1.165) is 48.6 Å². The summed E-state index contributed by atoms with van der Waals surface area (Å²) in [7, 11) is 0. The highest BCUT2D eigenvalue weighted by atomic mass is 32.2. The number of aliphatic imine (C=N–C) groups is 1. The van der Waals surface area contributed by atoms with Crippen LogP contribution in [0.2, 0.25) is 0 Å². The molecule has 0 aromatic heterocycles. The van der Waals surface area contributed by atoms with Gasteiger partial charge >= 0.3 is 6.03 Å². The molecular weight excluding hydrogens is 342 g/mol. The zero-order chi connectivity index (χ0) is 17.8. The average molecular weight is 370 g/mol. The van der Waals surface area contributed by atoms with E-state index in [4.69, 9.17) is 0 Å². The topological polar surface area (TPSA) is 53.5 Å². The molecule has 1 aromatic carbocycles. The fourth-order valence-electron chi connectivity index (χ4n) is 6.43. The lowest BCUT2D eigenvalue weighted by molar-refractivity contribution is -0.0347. The summed E-state index contributed by atoms with van der Waals surface area (Å²) in [5, 5.41) is 7.17. The minimum atomic E-state index is -0.0563. The SMILES string of the molecule is Cc1ccc(C23C[C@@H]4C[C@@H](CC(NC(=O)NC5=NCCS5)(C4)C2)C3)cc1. The monoisotopic (exact) mass is 369 g/mol. The van der Waals surface area contributed by atoms with E-state index in [9.17, 15) is 4.79 Å². The Labute approximate surface area is 159 Å². The molecule has 2 amide bonds. The molecular formula is C21H27N3OS. The summed E-state index contributed by atoms with van der Waals surface area (Å²) in [5.41, 5.74) is 3.02. The van der Waals surface area contributed by atoms with Crippen LogP contribution < -0.4 is 10.6 Å². The van der Waals surface area contributed by atoms with Gasteiger partial charge in [-0.1, -0.05) is 41.6 Å². The van der Waals surface area contributed by atoms with Gasteiger partial charge in [-0.05, 0) is 68.3 Å². The van der Waals surface area contributed by atoms with E-state index in [1.54, 1.807) is 11.8 Å². The first-order chi connectivity index (χ1) is 12.5. The first-order valence-corrected chi connectivity index (χ1v) is 10.9. The summed E-state index contributed by atoms with van der Waals surface area (Å²) in [4.78, 5) is 17.0. The molecule has 5 heteroatoms. The van der Waals surface area contributed by atoms with Crippen molar-refractivity contribution in [3.63, 3.8) is 0 Å². The van der Waals surface area contributed by atoms with Crippen LogP contribution in [0.5, 0.6) is 0 Å². The van der Waals surface area contributed by atoms with Crippen LogP contribution in [0.4, 0.5) is 4.79 Å². The number of nitrogens with zero attached hydrogens (tertiary/aromatic N) is 1. The number of amidine groups is 1. The Hall–Kier alpha value is -1.49. The maximum absolute atomic E-state index is 12.7. The van der Waals surface area contributed by atoms with E-state index in [-0.39, 0.29) is 17.0 Å². The highest BCUT2D eigenvalue weighted by Gasteiger charge is 2.58. The van der Waals surface area contributed by atoms with Crippen LogP contribution in [0.15, 0.2) is 29.3 Å². The van der Waals surface area contributed by atoms with Gasteiger partial charge in [0.25, 0.3) is 0 Å². The second-order valence-corrected chi connectivity index (χ2v) is 10.1. The van der Waals surface area contributed by atoms with E-state index in [2.05, 4.69) is 46.8 Å². The van der Waals surface area contributed by atoms with Crippen molar-refractivity contribution < 1.29 is 4.79 Å². The van der Waals surface area contributed by atoms with E-state index >= 15 is 0 Å². The Balaban J connectivity index is 1.39. The van der Waals surface area contributed by atoms with Gasteiger partial charge in [0.15, 0.2) is 5.17 Å². The van der Waals surface area contributed by atoms with Gasteiger partial charge in [-0.3, -0.25) is 10.3 Å². The first-order valence-electron chi connectivity index (χ1n) is 9.88. The van der Waals surface area contributed by atoms with Crippen molar-refractivity contribution in [2.45, 2.75) is 56.4 Å². The third-order valence-electron chi connectivity index (χ3n) is 6.91. The molecule has 26 heavy (non-hydrogen) atoms. The zero-order valence-corrected chi connectivity index (χ0v) is 16.2. The van der Waals surface area contributed by atoms with Crippen LogP contribution in [-0.2, 0) is 5.41 Å². The van der Waals surface area contributed by atoms with Crippen molar-refractivity contribution in [3.05, 3.63) is 35.4 Å². The lowest BCUT2D eigenvalue weighted by Crippen LogP contribution is -2.65. The summed E-state index contributed by atoms with van der Waals surface area (Å²) in [5.74, 6) is 2.47. The number of urea groups is 1. The third-order valence-corrected chi connectivity index (χ3v) is 7.80. The molecule has 4 atom stereocenters. The van der Waals surface area contributed by atoms with Gasteiger partial charge in [-0.15, -0.1) is 0 Å². The zero-order valence-electron chi connectivity index (χ0n) is 15.4. The minimum Gasteiger partial charge on any atom is -0.332 e. The highest BCUT2D eigenvalue weighted by molar-refractivity contribution is 8.14. The number of hydrogen-bond acceptors (Lipinski definition) is 3. The van der Waals surface area contributed by atoms with Gasteiger partial charge in [0.1, 0.15) is 0 Å². The molecule has 2 unspecified atom stereocenters. The molecule has 1 aliphatic heterocycles. The maximum atomic E-state index is 12.7. The fourth-order valence-corrected chi connectivity index (χ4v) is 7.16. The summed E-state index contributed by atoms with van der Waals surface area (Å²) < 4.78 is 0. The summed E-state index contributed by atoms with van der Waals surface area (Å²) in [6, 6.07) is 9.10. The average Bonchev–Trinajstić information content (AvgIpc) is 3.06. The van der Waals surface area contributed by atoms with Crippen LogP contribution in [0, 0.1) is 18.8 Å². The van der Waals surface area contributed by atoms with Crippen LogP contribution >= 0.6 is 11.8 Å². The van der Waals surface area contributed by atoms with Gasteiger partial charge in [0.05, 0.1) is 6.54 Å². The molecule has 5 aliphatic rings. The number of thioether (sulfide) groups is 1. The van der Waals surface area contributed by atoms with E-state index in [1.807, 2.05) is 0 Å². The number of carbonyl (C=O) groups is 1.